The zero-order chi connectivity index (χ0) is 10.4. The van der Waals surface area contributed by atoms with Crippen LogP contribution in [0.5, 0.6) is 0 Å². The van der Waals surface area contributed by atoms with Crippen molar-refractivity contribution in [1.82, 2.24) is 10.2 Å². The Morgan fingerprint density at radius 1 is 1.46 bits per heavy atom. The predicted octanol–water partition coefficient (Wildman–Crippen LogP) is -0.473. The number of hydrogen-bond acceptors (Lipinski definition) is 3. The van der Waals surface area contributed by atoms with Crippen LogP contribution in [0, 0.1) is 0 Å². The molecule has 5 heteroatoms. The van der Waals surface area contributed by atoms with E-state index in [0.29, 0.717) is 6.42 Å². The molecule has 2 N–H and O–H groups in total. The number of carbonyl (C=O) groups is 2. The number of amides is 1. The summed E-state index contributed by atoms with van der Waals surface area (Å²) in [5, 5.41) is 11.3. The Balaban J connectivity index is 3.85. The molecule has 1 unspecified atom stereocenters. The molecule has 0 saturated heterocycles. The smallest absolute Gasteiger partial charge is 0.320 e. The molecule has 1 amide bonds. The fourth-order valence-corrected chi connectivity index (χ4v) is 0.883. The lowest BCUT2D eigenvalue weighted by atomic mass is 10.1. The van der Waals surface area contributed by atoms with Gasteiger partial charge < -0.3 is 15.3 Å². The minimum atomic E-state index is -0.922. The molecule has 0 heterocycles. The maximum absolute atomic E-state index is 11.1. The van der Waals surface area contributed by atoms with E-state index in [1.54, 1.807) is 21.1 Å². The highest BCUT2D eigenvalue weighted by molar-refractivity contribution is 5.78. The first-order chi connectivity index (χ1) is 5.99. The fraction of sp³-hybridized carbons (Fsp3) is 0.750. The predicted molar refractivity (Wildman–Crippen MR) is 48.4 cm³/mol. The Labute approximate surface area is 77.7 Å². The van der Waals surface area contributed by atoms with Gasteiger partial charge in [-0.2, -0.15) is 0 Å². The van der Waals surface area contributed by atoms with E-state index in [-0.39, 0.29) is 12.3 Å². The van der Waals surface area contributed by atoms with Crippen LogP contribution in [0.3, 0.4) is 0 Å². The van der Waals surface area contributed by atoms with Crippen LogP contribution in [0.2, 0.25) is 0 Å². The van der Waals surface area contributed by atoms with E-state index < -0.39 is 12.0 Å². The molecule has 0 aliphatic carbocycles. The van der Waals surface area contributed by atoms with Crippen LogP contribution >= 0.6 is 0 Å². The Bertz CT molecular complexity index is 192. The molecular weight excluding hydrogens is 172 g/mol. The topological polar surface area (TPSA) is 69.6 Å². The van der Waals surface area contributed by atoms with Crippen LogP contribution in [0.4, 0.5) is 0 Å². The number of nitrogens with one attached hydrogen (secondary N) is 1. The van der Waals surface area contributed by atoms with Crippen LogP contribution < -0.4 is 5.32 Å². The van der Waals surface area contributed by atoms with Gasteiger partial charge in [0, 0.05) is 20.5 Å². The van der Waals surface area contributed by atoms with E-state index >= 15 is 0 Å². The number of carboxylic acids is 1. The molecular formula is C8H16N2O3. The quantitative estimate of drug-likeness (QED) is 0.612. The van der Waals surface area contributed by atoms with E-state index in [9.17, 15) is 9.59 Å². The summed E-state index contributed by atoms with van der Waals surface area (Å²) in [7, 11) is 4.87. The van der Waals surface area contributed by atoms with Gasteiger partial charge in [0.05, 0.1) is 0 Å². The summed E-state index contributed by atoms with van der Waals surface area (Å²) in [5.41, 5.74) is 0. The first-order valence-corrected chi connectivity index (χ1v) is 4.09. The average molecular weight is 188 g/mol. The van der Waals surface area contributed by atoms with Crippen molar-refractivity contribution in [3.8, 4) is 0 Å². The molecule has 0 spiro atoms. The van der Waals surface area contributed by atoms with Crippen molar-refractivity contribution in [2.45, 2.75) is 18.9 Å². The zero-order valence-electron chi connectivity index (χ0n) is 8.20. The largest absolute Gasteiger partial charge is 0.480 e. The number of carboxylic acid groups (broad SMARTS) is 1. The zero-order valence-corrected chi connectivity index (χ0v) is 8.20. The summed E-state index contributed by atoms with van der Waals surface area (Å²) < 4.78 is 0. The molecule has 0 fully saturated rings. The fourth-order valence-electron chi connectivity index (χ4n) is 0.883. The lowest BCUT2D eigenvalue weighted by molar-refractivity contribution is -0.139. The van der Waals surface area contributed by atoms with Crippen LogP contribution in [-0.4, -0.2) is 49.1 Å². The van der Waals surface area contributed by atoms with E-state index in [4.69, 9.17) is 5.11 Å². The lowest BCUT2D eigenvalue weighted by Crippen LogP contribution is -2.35. The first-order valence-electron chi connectivity index (χ1n) is 4.09. The second-order valence-electron chi connectivity index (χ2n) is 3.01. The van der Waals surface area contributed by atoms with Crippen molar-refractivity contribution in [3.05, 3.63) is 0 Å². The summed E-state index contributed by atoms with van der Waals surface area (Å²) in [5.74, 6) is -0.976. The number of rotatable bonds is 5. The highest BCUT2D eigenvalue weighted by Gasteiger charge is 2.16. The van der Waals surface area contributed by atoms with Crippen molar-refractivity contribution < 1.29 is 14.7 Å². The molecule has 0 aromatic heterocycles. The van der Waals surface area contributed by atoms with Gasteiger partial charge >= 0.3 is 5.97 Å². The molecule has 0 radical (unpaired) electrons. The van der Waals surface area contributed by atoms with Gasteiger partial charge in [-0.25, -0.2) is 0 Å². The maximum Gasteiger partial charge on any atom is 0.320 e. The van der Waals surface area contributed by atoms with Gasteiger partial charge in [0.25, 0.3) is 0 Å². The third-order valence-electron chi connectivity index (χ3n) is 1.79. The van der Waals surface area contributed by atoms with Gasteiger partial charge in [0.2, 0.25) is 5.91 Å². The first kappa shape index (κ1) is 11.9. The van der Waals surface area contributed by atoms with E-state index in [1.165, 1.54) is 4.90 Å². The Morgan fingerprint density at radius 3 is 2.31 bits per heavy atom. The normalized spacial score (nSPS) is 12.2. The molecule has 0 saturated carbocycles. The van der Waals surface area contributed by atoms with Crippen LogP contribution in [-0.2, 0) is 9.59 Å². The third-order valence-corrected chi connectivity index (χ3v) is 1.79. The van der Waals surface area contributed by atoms with Crippen molar-refractivity contribution >= 4 is 11.9 Å². The molecule has 1 atom stereocenters. The second kappa shape index (κ2) is 5.53. The Kier molecular flexibility index (Phi) is 5.06. The molecule has 0 aliphatic rings. The van der Waals surface area contributed by atoms with Gasteiger partial charge in [0.15, 0.2) is 0 Å². The Morgan fingerprint density at radius 2 is 2.00 bits per heavy atom. The molecule has 5 nitrogen and oxygen atoms in total. The summed E-state index contributed by atoms with van der Waals surface area (Å²) in [6.07, 6.45) is 0.577. The third kappa shape index (κ3) is 4.47. The molecule has 0 aliphatic heterocycles. The number of likely N-dealkylation sites (N-methyl/N-ethyl adjacent to an activating group) is 1. The summed E-state index contributed by atoms with van der Waals surface area (Å²) in [4.78, 5) is 23.1. The number of aliphatic carboxylic acids is 1. The molecule has 0 aromatic rings. The van der Waals surface area contributed by atoms with Crippen molar-refractivity contribution in [3.63, 3.8) is 0 Å². The van der Waals surface area contributed by atoms with E-state index in [2.05, 4.69) is 5.32 Å². The van der Waals surface area contributed by atoms with Gasteiger partial charge in [-0.05, 0) is 13.5 Å². The molecule has 13 heavy (non-hydrogen) atoms. The van der Waals surface area contributed by atoms with Crippen LogP contribution in [0.25, 0.3) is 0 Å². The summed E-state index contributed by atoms with van der Waals surface area (Å²) in [6, 6.07) is -0.635. The number of carbonyl (C=O) groups excluding carboxylic acids is 1. The standard InChI is InChI=1S/C8H16N2O3/c1-9-6(8(12)13)4-5-7(11)10(2)3/h6,9H,4-5H2,1-3H3,(H,12,13). The minimum absolute atomic E-state index is 0.0542. The molecule has 0 aromatic carbocycles. The van der Waals surface area contributed by atoms with Crippen LogP contribution in [0.1, 0.15) is 12.8 Å². The Hall–Kier alpha value is -1.10. The number of hydrogen-bond donors (Lipinski definition) is 2. The van der Waals surface area contributed by atoms with Gasteiger partial charge in [-0.1, -0.05) is 0 Å². The second-order valence-corrected chi connectivity index (χ2v) is 3.01. The van der Waals surface area contributed by atoms with Crippen molar-refractivity contribution in [1.29, 1.82) is 0 Å². The summed E-state index contributed by atoms with van der Waals surface area (Å²) >= 11 is 0. The maximum atomic E-state index is 11.1. The summed E-state index contributed by atoms with van der Waals surface area (Å²) in [6.45, 7) is 0. The SMILES string of the molecule is CNC(CCC(=O)N(C)C)C(=O)O. The average Bonchev–Trinajstić information content (AvgIpc) is 2.04. The van der Waals surface area contributed by atoms with E-state index in [0.717, 1.165) is 0 Å². The van der Waals surface area contributed by atoms with Gasteiger partial charge in [-0.3, -0.25) is 9.59 Å². The highest BCUT2D eigenvalue weighted by atomic mass is 16.4. The number of nitrogens with zero attached hydrogens (tertiary/aromatic N) is 1. The van der Waals surface area contributed by atoms with Gasteiger partial charge in [0.1, 0.15) is 6.04 Å². The lowest BCUT2D eigenvalue weighted by Gasteiger charge is -2.13. The molecule has 0 bridgehead atoms. The minimum Gasteiger partial charge on any atom is -0.480 e. The van der Waals surface area contributed by atoms with Crippen molar-refractivity contribution in [2.24, 2.45) is 0 Å². The molecule has 0 rings (SSSR count). The highest BCUT2D eigenvalue weighted by Crippen LogP contribution is 1.99. The monoisotopic (exact) mass is 188 g/mol. The van der Waals surface area contributed by atoms with E-state index in [1.807, 2.05) is 0 Å². The van der Waals surface area contributed by atoms with Gasteiger partial charge in [-0.15, -0.1) is 0 Å². The molecule has 76 valence electrons. The van der Waals surface area contributed by atoms with Crippen LogP contribution in [0.15, 0.2) is 0 Å². The van der Waals surface area contributed by atoms with Crippen molar-refractivity contribution in [2.75, 3.05) is 21.1 Å².